The first kappa shape index (κ1) is 18.4. The highest BCUT2D eigenvalue weighted by atomic mass is 35.5. The number of hydrogen-bond acceptors (Lipinski definition) is 6. The largest absolute Gasteiger partial charge is 0.496 e. The SMILES string of the molecule is COc1cc(OC)c(OC)cc1/C=N\Nc1cc(C(=O)O)ccc1Cl. The molecule has 8 heteroatoms. The Bertz CT molecular complexity index is 808. The zero-order chi connectivity index (χ0) is 18.4. The number of carbonyl (C=O) groups is 1. The highest BCUT2D eigenvalue weighted by molar-refractivity contribution is 6.33. The maximum absolute atomic E-state index is 11.0. The van der Waals surface area contributed by atoms with Gasteiger partial charge in [-0.15, -0.1) is 0 Å². The van der Waals surface area contributed by atoms with Gasteiger partial charge in [0.2, 0.25) is 0 Å². The molecule has 2 rings (SSSR count). The van der Waals surface area contributed by atoms with Crippen LogP contribution in [0.25, 0.3) is 0 Å². The van der Waals surface area contributed by atoms with Crippen LogP contribution in [0.5, 0.6) is 17.2 Å². The van der Waals surface area contributed by atoms with Gasteiger partial charge in [-0.2, -0.15) is 5.10 Å². The molecule has 0 radical (unpaired) electrons. The first-order valence-electron chi connectivity index (χ1n) is 7.12. The number of benzene rings is 2. The van der Waals surface area contributed by atoms with Gasteiger partial charge >= 0.3 is 5.97 Å². The number of methoxy groups -OCH3 is 3. The number of nitrogens with one attached hydrogen (secondary N) is 1. The van der Waals surface area contributed by atoms with E-state index in [1.807, 2.05) is 0 Å². The van der Waals surface area contributed by atoms with Crippen molar-refractivity contribution in [3.05, 3.63) is 46.5 Å². The Hall–Kier alpha value is -2.93. The van der Waals surface area contributed by atoms with Gasteiger partial charge in [0.15, 0.2) is 11.5 Å². The van der Waals surface area contributed by atoms with Crippen LogP contribution >= 0.6 is 11.6 Å². The van der Waals surface area contributed by atoms with E-state index < -0.39 is 5.97 Å². The van der Waals surface area contributed by atoms with Crippen LogP contribution in [0.3, 0.4) is 0 Å². The average molecular weight is 365 g/mol. The van der Waals surface area contributed by atoms with Gasteiger partial charge < -0.3 is 19.3 Å². The molecule has 0 aliphatic carbocycles. The van der Waals surface area contributed by atoms with Crippen molar-refractivity contribution < 1.29 is 24.1 Å². The summed E-state index contributed by atoms with van der Waals surface area (Å²) in [6, 6.07) is 7.68. The van der Waals surface area contributed by atoms with Gasteiger partial charge in [0.25, 0.3) is 0 Å². The molecule has 0 aromatic heterocycles. The first-order chi connectivity index (χ1) is 12.0. The molecule has 0 aliphatic rings. The smallest absolute Gasteiger partial charge is 0.335 e. The van der Waals surface area contributed by atoms with Crippen LogP contribution in [0.15, 0.2) is 35.4 Å². The molecular formula is C17H17ClN2O5. The van der Waals surface area contributed by atoms with E-state index in [9.17, 15) is 4.79 Å². The third-order valence-electron chi connectivity index (χ3n) is 3.34. The molecule has 25 heavy (non-hydrogen) atoms. The number of aromatic carboxylic acids is 1. The molecule has 0 atom stereocenters. The molecule has 7 nitrogen and oxygen atoms in total. The van der Waals surface area contributed by atoms with Crippen molar-refractivity contribution in [3.63, 3.8) is 0 Å². The number of hydrazone groups is 1. The molecule has 132 valence electrons. The Balaban J connectivity index is 2.28. The summed E-state index contributed by atoms with van der Waals surface area (Å²) in [4.78, 5) is 11.0. The molecule has 2 aromatic carbocycles. The van der Waals surface area contributed by atoms with Gasteiger partial charge in [-0.3, -0.25) is 5.43 Å². The quantitative estimate of drug-likeness (QED) is 0.577. The minimum Gasteiger partial charge on any atom is -0.496 e. The van der Waals surface area contributed by atoms with Crippen LogP contribution in [0.2, 0.25) is 5.02 Å². The average Bonchev–Trinajstić information content (AvgIpc) is 2.62. The minimum atomic E-state index is -1.05. The number of anilines is 1. The Labute approximate surface area is 149 Å². The van der Waals surface area contributed by atoms with Crippen LogP contribution in [0, 0.1) is 0 Å². The van der Waals surface area contributed by atoms with E-state index in [0.717, 1.165) is 0 Å². The summed E-state index contributed by atoms with van der Waals surface area (Å²) in [6.07, 6.45) is 1.50. The van der Waals surface area contributed by atoms with Crippen LogP contribution in [0.1, 0.15) is 15.9 Å². The van der Waals surface area contributed by atoms with Crippen molar-refractivity contribution in [2.75, 3.05) is 26.8 Å². The Morgan fingerprint density at radius 1 is 1.08 bits per heavy atom. The van der Waals surface area contributed by atoms with Gasteiger partial charge in [0.05, 0.1) is 43.8 Å². The first-order valence-corrected chi connectivity index (χ1v) is 7.50. The normalized spacial score (nSPS) is 10.6. The molecule has 0 aliphatic heterocycles. The molecule has 0 fully saturated rings. The maximum Gasteiger partial charge on any atom is 0.335 e. The van der Waals surface area contributed by atoms with Crippen LogP contribution < -0.4 is 19.6 Å². The molecule has 0 unspecified atom stereocenters. The number of hydrogen-bond donors (Lipinski definition) is 2. The van der Waals surface area contributed by atoms with Crippen molar-refractivity contribution in [1.29, 1.82) is 0 Å². The van der Waals surface area contributed by atoms with E-state index in [-0.39, 0.29) is 5.56 Å². The van der Waals surface area contributed by atoms with Crippen molar-refractivity contribution >= 4 is 29.5 Å². The standard InChI is InChI=1S/C17H17ClN2O5/c1-23-14-8-16(25-3)15(24-2)7-11(14)9-19-20-13-6-10(17(21)22)4-5-12(13)18/h4-9,20H,1-3H3,(H,21,22)/b19-9-. The Morgan fingerprint density at radius 2 is 1.72 bits per heavy atom. The molecule has 0 amide bonds. The molecular weight excluding hydrogens is 348 g/mol. The zero-order valence-electron chi connectivity index (χ0n) is 13.9. The van der Waals surface area contributed by atoms with E-state index in [4.69, 9.17) is 30.9 Å². The second kappa shape index (κ2) is 8.25. The molecule has 2 aromatic rings. The second-order valence-electron chi connectivity index (χ2n) is 4.82. The number of halogens is 1. The van der Waals surface area contributed by atoms with Crippen molar-refractivity contribution in [3.8, 4) is 17.2 Å². The molecule has 0 saturated heterocycles. The van der Waals surface area contributed by atoms with Gasteiger partial charge in [0, 0.05) is 11.6 Å². The summed E-state index contributed by atoms with van der Waals surface area (Å²) in [7, 11) is 4.59. The lowest BCUT2D eigenvalue weighted by Crippen LogP contribution is -2.00. The van der Waals surface area contributed by atoms with E-state index in [1.165, 1.54) is 45.7 Å². The Kier molecular flexibility index (Phi) is 6.08. The summed E-state index contributed by atoms with van der Waals surface area (Å²) < 4.78 is 15.8. The highest BCUT2D eigenvalue weighted by Gasteiger charge is 2.11. The van der Waals surface area contributed by atoms with Crippen molar-refractivity contribution in [2.45, 2.75) is 0 Å². The molecule has 0 bridgehead atoms. The van der Waals surface area contributed by atoms with E-state index >= 15 is 0 Å². The lowest BCUT2D eigenvalue weighted by atomic mass is 10.2. The van der Waals surface area contributed by atoms with Gasteiger partial charge in [0.1, 0.15) is 5.75 Å². The maximum atomic E-state index is 11.0. The number of carboxylic acids is 1. The molecule has 0 spiro atoms. The number of nitrogens with zero attached hydrogens (tertiary/aromatic N) is 1. The lowest BCUT2D eigenvalue weighted by Gasteiger charge is -2.12. The third-order valence-corrected chi connectivity index (χ3v) is 3.67. The summed E-state index contributed by atoms with van der Waals surface area (Å²) in [6.45, 7) is 0. The predicted molar refractivity (Wildman–Crippen MR) is 95.7 cm³/mol. The molecule has 0 heterocycles. The van der Waals surface area contributed by atoms with Crippen LogP contribution in [-0.2, 0) is 0 Å². The number of carboxylic acid groups (broad SMARTS) is 1. The van der Waals surface area contributed by atoms with Crippen LogP contribution in [0.4, 0.5) is 5.69 Å². The van der Waals surface area contributed by atoms with Gasteiger partial charge in [-0.1, -0.05) is 11.6 Å². The fourth-order valence-electron chi connectivity index (χ4n) is 2.07. The number of rotatable bonds is 7. The number of ether oxygens (including phenoxy) is 3. The van der Waals surface area contributed by atoms with Crippen molar-refractivity contribution in [2.24, 2.45) is 5.10 Å². The summed E-state index contributed by atoms with van der Waals surface area (Å²) >= 11 is 6.04. The van der Waals surface area contributed by atoms with Gasteiger partial charge in [-0.05, 0) is 24.3 Å². The third kappa shape index (κ3) is 4.33. The summed E-state index contributed by atoms with van der Waals surface area (Å²) in [5.41, 5.74) is 3.83. The second-order valence-corrected chi connectivity index (χ2v) is 5.23. The predicted octanol–water partition coefficient (Wildman–Crippen LogP) is 3.51. The van der Waals surface area contributed by atoms with E-state index in [0.29, 0.717) is 33.5 Å². The highest BCUT2D eigenvalue weighted by Crippen LogP contribution is 2.33. The van der Waals surface area contributed by atoms with Crippen LogP contribution in [-0.4, -0.2) is 38.6 Å². The van der Waals surface area contributed by atoms with Crippen molar-refractivity contribution in [1.82, 2.24) is 0 Å². The fourth-order valence-corrected chi connectivity index (χ4v) is 2.23. The zero-order valence-corrected chi connectivity index (χ0v) is 14.6. The lowest BCUT2D eigenvalue weighted by molar-refractivity contribution is 0.0697. The monoisotopic (exact) mass is 364 g/mol. The molecule has 0 saturated carbocycles. The fraction of sp³-hybridized carbons (Fsp3) is 0.176. The minimum absolute atomic E-state index is 0.103. The Morgan fingerprint density at radius 3 is 2.32 bits per heavy atom. The molecule has 2 N–H and O–H groups in total. The summed E-state index contributed by atoms with van der Waals surface area (Å²) in [5.74, 6) is 0.538. The summed E-state index contributed by atoms with van der Waals surface area (Å²) in [5, 5.41) is 13.5. The topological polar surface area (TPSA) is 89.4 Å². The van der Waals surface area contributed by atoms with E-state index in [2.05, 4.69) is 10.5 Å². The van der Waals surface area contributed by atoms with E-state index in [1.54, 1.807) is 12.1 Å². The van der Waals surface area contributed by atoms with Gasteiger partial charge in [-0.25, -0.2) is 4.79 Å².